The highest BCUT2D eigenvalue weighted by molar-refractivity contribution is 5.97. The number of fused-ring (bicyclic) bond motifs is 1. The summed E-state index contributed by atoms with van der Waals surface area (Å²) < 4.78 is 1.82. The van der Waals surface area contributed by atoms with Crippen LogP contribution >= 0.6 is 0 Å². The van der Waals surface area contributed by atoms with Crippen molar-refractivity contribution in [3.8, 4) is 0 Å². The number of carbonyl (C=O) groups is 2. The topological polar surface area (TPSA) is 71.3 Å². The Kier molecular flexibility index (Phi) is 5.59. The maximum Gasteiger partial charge on any atom is 0.253 e. The lowest BCUT2D eigenvalue weighted by molar-refractivity contribution is -0.136. The van der Waals surface area contributed by atoms with E-state index in [9.17, 15) is 9.59 Å². The van der Waals surface area contributed by atoms with Crippen LogP contribution in [0, 0.1) is 5.92 Å². The molecular weight excluding hydrogens is 354 g/mol. The number of piperidine rings is 1. The van der Waals surface area contributed by atoms with Gasteiger partial charge in [0, 0.05) is 44.2 Å². The molecule has 1 aromatic carbocycles. The number of benzene rings is 1. The normalized spacial score (nSPS) is 19.0. The molecule has 0 saturated carbocycles. The van der Waals surface area contributed by atoms with Gasteiger partial charge in [0.1, 0.15) is 5.52 Å². The van der Waals surface area contributed by atoms with Crippen molar-refractivity contribution in [2.75, 3.05) is 26.2 Å². The van der Waals surface area contributed by atoms with Crippen molar-refractivity contribution in [3.63, 3.8) is 0 Å². The number of hydrogen-bond acceptors (Lipinski definition) is 4. The van der Waals surface area contributed by atoms with Gasteiger partial charge in [0.15, 0.2) is 0 Å². The molecule has 0 bridgehead atoms. The summed E-state index contributed by atoms with van der Waals surface area (Å²) in [5, 5.41) is 8.27. The monoisotopic (exact) mass is 383 g/mol. The Morgan fingerprint density at radius 2 is 1.71 bits per heavy atom. The standard InChI is InChI=1S/C21H29N5O2/c1-2-26-19-8-7-17(15-18(19)22-23-26)21(28)25-13-9-16(10-14-25)20(27)24-11-5-3-4-6-12-24/h7-8,15-16H,2-6,9-14H2,1H3. The van der Waals surface area contributed by atoms with E-state index < -0.39 is 0 Å². The van der Waals surface area contributed by atoms with Gasteiger partial charge in [0.25, 0.3) is 5.91 Å². The first kappa shape index (κ1) is 18.9. The number of amides is 2. The SMILES string of the molecule is CCn1nnc2cc(C(=O)N3CCC(C(=O)N4CCCCCC4)CC3)ccc21. The fourth-order valence-electron chi connectivity index (χ4n) is 4.40. The molecule has 0 aliphatic carbocycles. The van der Waals surface area contributed by atoms with Crippen LogP contribution in [0.25, 0.3) is 11.0 Å². The van der Waals surface area contributed by atoms with Crippen LogP contribution in [-0.2, 0) is 11.3 Å². The maximum absolute atomic E-state index is 12.9. The van der Waals surface area contributed by atoms with Gasteiger partial charge in [-0.1, -0.05) is 18.1 Å². The summed E-state index contributed by atoms with van der Waals surface area (Å²) in [7, 11) is 0. The number of carbonyl (C=O) groups excluding carboxylic acids is 2. The highest BCUT2D eigenvalue weighted by atomic mass is 16.2. The molecule has 2 saturated heterocycles. The zero-order chi connectivity index (χ0) is 19.5. The van der Waals surface area contributed by atoms with Crippen LogP contribution in [0.2, 0.25) is 0 Å². The number of rotatable bonds is 3. The van der Waals surface area contributed by atoms with Crippen LogP contribution in [0.1, 0.15) is 55.8 Å². The van der Waals surface area contributed by atoms with E-state index in [2.05, 4.69) is 15.2 Å². The molecule has 28 heavy (non-hydrogen) atoms. The molecule has 2 fully saturated rings. The Bertz CT molecular complexity index is 846. The van der Waals surface area contributed by atoms with Gasteiger partial charge < -0.3 is 9.80 Å². The fourth-order valence-corrected chi connectivity index (χ4v) is 4.40. The Labute approximate surface area is 165 Å². The molecular formula is C21H29N5O2. The molecule has 7 nitrogen and oxygen atoms in total. The molecule has 0 N–H and O–H groups in total. The van der Waals surface area contributed by atoms with Crippen molar-refractivity contribution in [2.24, 2.45) is 5.92 Å². The van der Waals surface area contributed by atoms with E-state index in [1.165, 1.54) is 12.8 Å². The predicted molar refractivity (Wildman–Crippen MR) is 107 cm³/mol. The third kappa shape index (κ3) is 3.75. The number of likely N-dealkylation sites (tertiary alicyclic amines) is 2. The third-order valence-corrected chi connectivity index (χ3v) is 6.11. The van der Waals surface area contributed by atoms with Crippen LogP contribution in [0.15, 0.2) is 18.2 Å². The molecule has 0 unspecified atom stereocenters. The van der Waals surface area contributed by atoms with Crippen molar-refractivity contribution in [1.29, 1.82) is 0 Å². The van der Waals surface area contributed by atoms with Gasteiger partial charge >= 0.3 is 0 Å². The van der Waals surface area contributed by atoms with Crippen molar-refractivity contribution in [3.05, 3.63) is 23.8 Å². The lowest BCUT2D eigenvalue weighted by atomic mass is 9.94. The first-order valence-corrected chi connectivity index (χ1v) is 10.6. The summed E-state index contributed by atoms with van der Waals surface area (Å²) in [5.41, 5.74) is 2.34. The zero-order valence-corrected chi connectivity index (χ0v) is 16.6. The van der Waals surface area contributed by atoms with Gasteiger partial charge in [-0.25, -0.2) is 4.68 Å². The molecule has 2 aliphatic heterocycles. The van der Waals surface area contributed by atoms with Gasteiger partial charge in [-0.15, -0.1) is 5.10 Å². The van der Waals surface area contributed by atoms with Crippen molar-refractivity contribution < 1.29 is 9.59 Å². The molecule has 4 rings (SSSR count). The molecule has 0 radical (unpaired) electrons. The largest absolute Gasteiger partial charge is 0.342 e. The zero-order valence-electron chi connectivity index (χ0n) is 16.6. The van der Waals surface area contributed by atoms with Gasteiger partial charge in [-0.05, 0) is 50.8 Å². The summed E-state index contributed by atoms with van der Waals surface area (Å²) >= 11 is 0. The lowest BCUT2D eigenvalue weighted by Crippen LogP contribution is -2.44. The van der Waals surface area contributed by atoms with E-state index in [0.29, 0.717) is 24.6 Å². The summed E-state index contributed by atoms with van der Waals surface area (Å²) in [6, 6.07) is 5.60. The molecule has 2 aliphatic rings. The molecule has 3 heterocycles. The minimum absolute atomic E-state index is 0.0219. The molecule has 7 heteroatoms. The summed E-state index contributed by atoms with van der Waals surface area (Å²) in [6.07, 6.45) is 6.22. The van der Waals surface area contributed by atoms with E-state index >= 15 is 0 Å². The van der Waals surface area contributed by atoms with Crippen LogP contribution in [0.4, 0.5) is 0 Å². The average Bonchev–Trinajstić information content (AvgIpc) is 2.95. The van der Waals surface area contributed by atoms with Crippen molar-refractivity contribution in [2.45, 2.75) is 52.0 Å². The highest BCUT2D eigenvalue weighted by Crippen LogP contribution is 2.23. The van der Waals surface area contributed by atoms with E-state index in [0.717, 1.165) is 56.4 Å². The molecule has 1 aromatic heterocycles. The number of aromatic nitrogens is 3. The molecule has 2 amide bonds. The van der Waals surface area contributed by atoms with Crippen LogP contribution in [0.3, 0.4) is 0 Å². The summed E-state index contributed by atoms with van der Waals surface area (Å²) in [5.74, 6) is 0.384. The number of aryl methyl sites for hydroxylation is 1. The average molecular weight is 383 g/mol. The van der Waals surface area contributed by atoms with Crippen LogP contribution in [0.5, 0.6) is 0 Å². The van der Waals surface area contributed by atoms with Crippen molar-refractivity contribution in [1.82, 2.24) is 24.8 Å². The second-order valence-electron chi connectivity index (χ2n) is 7.91. The predicted octanol–water partition coefficient (Wildman–Crippen LogP) is 2.71. The Hall–Kier alpha value is -2.44. The molecule has 0 spiro atoms. The minimum atomic E-state index is 0.0219. The van der Waals surface area contributed by atoms with Crippen LogP contribution in [-0.4, -0.2) is 62.8 Å². The van der Waals surface area contributed by atoms with Gasteiger partial charge in [-0.3, -0.25) is 9.59 Å². The first-order valence-electron chi connectivity index (χ1n) is 10.6. The summed E-state index contributed by atoms with van der Waals surface area (Å²) in [4.78, 5) is 29.7. The number of hydrogen-bond donors (Lipinski definition) is 0. The molecule has 0 atom stereocenters. The van der Waals surface area contributed by atoms with E-state index in [1.54, 1.807) is 0 Å². The van der Waals surface area contributed by atoms with E-state index in [1.807, 2.05) is 34.7 Å². The smallest absolute Gasteiger partial charge is 0.253 e. The second kappa shape index (κ2) is 8.29. The lowest BCUT2D eigenvalue weighted by Gasteiger charge is -2.34. The second-order valence-corrected chi connectivity index (χ2v) is 7.91. The van der Waals surface area contributed by atoms with Gasteiger partial charge in [0.05, 0.1) is 5.52 Å². The fraction of sp³-hybridized carbons (Fsp3) is 0.619. The Morgan fingerprint density at radius 3 is 2.39 bits per heavy atom. The Balaban J connectivity index is 1.38. The quantitative estimate of drug-likeness (QED) is 0.817. The minimum Gasteiger partial charge on any atom is -0.342 e. The summed E-state index contributed by atoms with van der Waals surface area (Å²) in [6.45, 7) is 5.85. The van der Waals surface area contributed by atoms with Crippen molar-refractivity contribution >= 4 is 22.8 Å². The van der Waals surface area contributed by atoms with Crippen LogP contribution < -0.4 is 0 Å². The maximum atomic E-state index is 12.9. The van der Waals surface area contributed by atoms with Gasteiger partial charge in [-0.2, -0.15) is 0 Å². The number of nitrogens with zero attached hydrogens (tertiary/aromatic N) is 5. The first-order chi connectivity index (χ1) is 13.7. The highest BCUT2D eigenvalue weighted by Gasteiger charge is 2.30. The Morgan fingerprint density at radius 1 is 1.00 bits per heavy atom. The van der Waals surface area contributed by atoms with Gasteiger partial charge in [0.2, 0.25) is 5.91 Å². The van der Waals surface area contributed by atoms with E-state index in [-0.39, 0.29) is 11.8 Å². The molecule has 2 aromatic rings. The third-order valence-electron chi connectivity index (χ3n) is 6.11. The molecule has 150 valence electrons. The van der Waals surface area contributed by atoms with E-state index in [4.69, 9.17) is 0 Å².